The summed E-state index contributed by atoms with van der Waals surface area (Å²) in [7, 11) is 0. The smallest absolute Gasteiger partial charge is 0.254 e. The van der Waals surface area contributed by atoms with Crippen molar-refractivity contribution in [1.29, 1.82) is 0 Å². The van der Waals surface area contributed by atoms with Crippen LogP contribution in [0.15, 0.2) is 60.7 Å². The fourth-order valence-corrected chi connectivity index (χ4v) is 4.61. The Labute approximate surface area is 211 Å². The predicted octanol–water partition coefficient (Wildman–Crippen LogP) is 5.72. The number of nitrogens with zero attached hydrogens (tertiary/aromatic N) is 3. The van der Waals surface area contributed by atoms with Crippen molar-refractivity contribution >= 4 is 29.1 Å². The lowest BCUT2D eigenvalue weighted by atomic mass is 10.1. The molecule has 1 aromatic heterocycles. The number of aromatic nitrogens is 1. The molecule has 1 amide bonds. The van der Waals surface area contributed by atoms with Crippen LogP contribution in [0.3, 0.4) is 0 Å². The Hall–Kier alpha value is -2.44. The van der Waals surface area contributed by atoms with Gasteiger partial charge in [-0.05, 0) is 49.2 Å². The van der Waals surface area contributed by atoms with Gasteiger partial charge in [-0.1, -0.05) is 65.2 Å². The lowest BCUT2D eigenvalue weighted by Gasteiger charge is -2.36. The van der Waals surface area contributed by atoms with Gasteiger partial charge < -0.3 is 9.64 Å². The van der Waals surface area contributed by atoms with Gasteiger partial charge in [0.25, 0.3) is 5.91 Å². The predicted molar refractivity (Wildman–Crippen MR) is 136 cm³/mol. The molecule has 1 aliphatic rings. The van der Waals surface area contributed by atoms with Gasteiger partial charge in [-0.3, -0.25) is 9.69 Å². The zero-order valence-corrected chi connectivity index (χ0v) is 21.0. The second-order valence-corrected chi connectivity index (χ2v) is 9.58. The molecule has 1 saturated heterocycles. The maximum Gasteiger partial charge on any atom is 0.254 e. The summed E-state index contributed by atoms with van der Waals surface area (Å²) in [4.78, 5) is 21.3. The van der Waals surface area contributed by atoms with Gasteiger partial charge in [0.05, 0.1) is 12.7 Å². The first kappa shape index (κ1) is 24.7. The lowest BCUT2D eigenvalue weighted by molar-refractivity contribution is 0.00341. The van der Waals surface area contributed by atoms with Crippen LogP contribution in [0, 0.1) is 13.8 Å². The first-order valence-electron chi connectivity index (χ1n) is 11.5. The topological polar surface area (TPSA) is 45.7 Å². The maximum atomic E-state index is 13.0. The van der Waals surface area contributed by atoms with E-state index in [1.54, 1.807) is 12.1 Å². The van der Waals surface area contributed by atoms with Crippen LogP contribution in [0.1, 0.15) is 38.8 Å². The van der Waals surface area contributed by atoms with E-state index in [1.807, 2.05) is 36.1 Å². The minimum absolute atomic E-state index is 0.00278. The van der Waals surface area contributed by atoms with Crippen molar-refractivity contribution in [1.82, 2.24) is 14.8 Å². The molecular formula is C27H29Cl2N3O2. The number of benzene rings is 2. The third-order valence-corrected chi connectivity index (χ3v) is 6.47. The molecule has 0 N–H and O–H groups in total. The van der Waals surface area contributed by atoms with Crippen molar-refractivity contribution in [2.45, 2.75) is 26.6 Å². The van der Waals surface area contributed by atoms with Crippen LogP contribution in [0.5, 0.6) is 0 Å². The summed E-state index contributed by atoms with van der Waals surface area (Å²) < 4.78 is 6.39. The second-order valence-electron chi connectivity index (χ2n) is 8.75. The lowest BCUT2D eigenvalue weighted by Crippen LogP contribution is -2.49. The highest BCUT2D eigenvalue weighted by molar-refractivity contribution is 6.30. The average molecular weight is 498 g/mol. The summed E-state index contributed by atoms with van der Waals surface area (Å²) in [6, 6.07) is 19.7. The molecule has 1 aliphatic heterocycles. The summed E-state index contributed by atoms with van der Waals surface area (Å²) in [6.07, 6.45) is -0.0957. The molecule has 0 bridgehead atoms. The molecule has 0 aliphatic carbocycles. The van der Waals surface area contributed by atoms with Crippen molar-refractivity contribution in [3.05, 3.63) is 98.8 Å². The molecule has 34 heavy (non-hydrogen) atoms. The fraction of sp³-hybridized carbons (Fsp3) is 0.333. The standard InChI is InChI=1S/C27H29Cl2N3O2/c1-19-4-3-5-21(14-19)18-34-25(22-6-8-24(28)9-7-22)17-31-10-12-32(13-11-31)27(33)23-15-20(2)30-26(29)16-23/h3-9,14-16,25H,10-13,17-18H2,1-2H3. The van der Waals surface area contributed by atoms with Crippen LogP contribution in [0.2, 0.25) is 10.2 Å². The summed E-state index contributed by atoms with van der Waals surface area (Å²) in [6.45, 7) is 8.08. The molecule has 1 atom stereocenters. The number of ether oxygens (including phenoxy) is 1. The highest BCUT2D eigenvalue weighted by atomic mass is 35.5. The van der Waals surface area contributed by atoms with E-state index in [2.05, 4.69) is 41.1 Å². The summed E-state index contributed by atoms with van der Waals surface area (Å²) in [5.41, 5.74) is 4.80. The number of aryl methyl sites for hydroxylation is 2. The van der Waals surface area contributed by atoms with Gasteiger partial charge >= 0.3 is 0 Å². The van der Waals surface area contributed by atoms with Gasteiger partial charge in [0.1, 0.15) is 5.15 Å². The third-order valence-electron chi connectivity index (χ3n) is 6.03. The number of carbonyl (C=O) groups excluding carboxylic acids is 1. The van der Waals surface area contributed by atoms with Crippen molar-refractivity contribution in [2.75, 3.05) is 32.7 Å². The highest BCUT2D eigenvalue weighted by Crippen LogP contribution is 2.24. The molecule has 7 heteroatoms. The summed E-state index contributed by atoms with van der Waals surface area (Å²) >= 11 is 12.2. The molecule has 1 fully saturated rings. The number of hydrogen-bond donors (Lipinski definition) is 0. The quantitative estimate of drug-likeness (QED) is 0.391. The van der Waals surface area contributed by atoms with Crippen LogP contribution in [0.25, 0.3) is 0 Å². The first-order valence-corrected chi connectivity index (χ1v) is 12.2. The van der Waals surface area contributed by atoms with Gasteiger partial charge in [-0.15, -0.1) is 0 Å². The highest BCUT2D eigenvalue weighted by Gasteiger charge is 2.25. The van der Waals surface area contributed by atoms with Gasteiger partial charge in [-0.2, -0.15) is 0 Å². The molecule has 178 valence electrons. The van der Waals surface area contributed by atoms with E-state index in [0.717, 1.165) is 36.5 Å². The van der Waals surface area contributed by atoms with E-state index in [1.165, 1.54) is 5.56 Å². The Morgan fingerprint density at radius 2 is 1.74 bits per heavy atom. The Balaban J connectivity index is 1.39. The Morgan fingerprint density at radius 1 is 1.00 bits per heavy atom. The molecule has 3 aromatic rings. The maximum absolute atomic E-state index is 13.0. The van der Waals surface area contributed by atoms with Crippen LogP contribution < -0.4 is 0 Å². The number of amides is 1. The van der Waals surface area contributed by atoms with Crippen LogP contribution in [-0.2, 0) is 11.3 Å². The Morgan fingerprint density at radius 3 is 2.41 bits per heavy atom. The Kier molecular flexibility index (Phi) is 8.22. The van der Waals surface area contributed by atoms with Crippen molar-refractivity contribution in [2.24, 2.45) is 0 Å². The molecule has 5 nitrogen and oxygen atoms in total. The molecule has 2 heterocycles. The van der Waals surface area contributed by atoms with E-state index in [4.69, 9.17) is 27.9 Å². The minimum Gasteiger partial charge on any atom is -0.368 e. The van der Waals surface area contributed by atoms with Crippen molar-refractivity contribution in [3.8, 4) is 0 Å². The SMILES string of the molecule is Cc1cccc(COC(CN2CCN(C(=O)c3cc(C)nc(Cl)c3)CC2)c2ccc(Cl)cc2)c1. The minimum atomic E-state index is -0.0957. The number of hydrogen-bond acceptors (Lipinski definition) is 4. The van der Waals surface area contributed by atoms with E-state index >= 15 is 0 Å². The third kappa shape index (κ3) is 6.57. The monoisotopic (exact) mass is 497 g/mol. The van der Waals surface area contributed by atoms with Gasteiger partial charge in [0, 0.05) is 49.0 Å². The van der Waals surface area contributed by atoms with E-state index in [-0.39, 0.29) is 12.0 Å². The Bertz CT molecular complexity index is 1110. The molecule has 1 unspecified atom stereocenters. The molecule has 0 radical (unpaired) electrons. The van der Waals surface area contributed by atoms with Crippen LogP contribution in [0.4, 0.5) is 0 Å². The van der Waals surface area contributed by atoms with E-state index < -0.39 is 0 Å². The molecular weight excluding hydrogens is 469 g/mol. The van der Waals surface area contributed by atoms with Gasteiger partial charge in [-0.25, -0.2) is 4.98 Å². The summed E-state index contributed by atoms with van der Waals surface area (Å²) in [5, 5.41) is 1.05. The zero-order chi connectivity index (χ0) is 24.1. The molecule has 0 spiro atoms. The number of piperazine rings is 1. The van der Waals surface area contributed by atoms with Gasteiger partial charge in [0.2, 0.25) is 0 Å². The molecule has 0 saturated carbocycles. The largest absolute Gasteiger partial charge is 0.368 e. The fourth-order valence-electron chi connectivity index (χ4n) is 4.23. The molecule has 4 rings (SSSR count). The second kappa shape index (κ2) is 11.3. The number of pyridine rings is 1. The van der Waals surface area contributed by atoms with Crippen molar-refractivity contribution < 1.29 is 9.53 Å². The normalized spacial score (nSPS) is 15.4. The van der Waals surface area contributed by atoms with Crippen molar-refractivity contribution in [3.63, 3.8) is 0 Å². The summed E-state index contributed by atoms with van der Waals surface area (Å²) in [5.74, 6) is -0.00278. The number of halogens is 2. The average Bonchev–Trinajstić information content (AvgIpc) is 2.82. The number of carbonyl (C=O) groups is 1. The van der Waals surface area contributed by atoms with Crippen LogP contribution >= 0.6 is 23.2 Å². The zero-order valence-electron chi connectivity index (χ0n) is 19.5. The number of rotatable bonds is 7. The van der Waals surface area contributed by atoms with E-state index in [9.17, 15) is 4.79 Å². The molecule has 2 aromatic carbocycles. The van der Waals surface area contributed by atoms with E-state index in [0.29, 0.717) is 35.4 Å². The van der Waals surface area contributed by atoms with Crippen LogP contribution in [-0.4, -0.2) is 53.4 Å². The first-order chi connectivity index (χ1) is 16.4. The van der Waals surface area contributed by atoms with Gasteiger partial charge in [0.15, 0.2) is 0 Å².